The summed E-state index contributed by atoms with van der Waals surface area (Å²) < 4.78 is 32.6. The van der Waals surface area contributed by atoms with Gasteiger partial charge in [-0.3, -0.25) is 8.37 Å². The molecule has 0 N–H and O–H groups in total. The summed E-state index contributed by atoms with van der Waals surface area (Å²) in [4.78, 5) is 18.8. The van der Waals surface area contributed by atoms with Crippen LogP contribution in [0.3, 0.4) is 0 Å². The van der Waals surface area contributed by atoms with Crippen molar-refractivity contribution in [1.29, 1.82) is 0 Å². The van der Waals surface area contributed by atoms with Crippen LogP contribution in [0.25, 0.3) is 0 Å². The van der Waals surface area contributed by atoms with Gasteiger partial charge in [0.15, 0.2) is 0 Å². The third kappa shape index (κ3) is 7.24. The Bertz CT molecular complexity index is 970. The quantitative estimate of drug-likeness (QED) is 0.563. The van der Waals surface area contributed by atoms with Gasteiger partial charge in [-0.2, -0.15) is 4.21 Å². The minimum atomic E-state index is -1.60. The summed E-state index contributed by atoms with van der Waals surface area (Å²) in [6.07, 6.45) is 2.35. The Kier molecular flexibility index (Phi) is 8.23. The number of thiazole rings is 1. The number of carbonyl (C=O) groups excluding carboxylic acids is 1. The standard InChI is InChI=1S/C24H32N2O6S2/c1-24(2,3)32-23(27)26-10-8-19(9-11-26)22-25-20(16-33-22)15-29-21-6-4-17(5-7-21)12-18-13-30-34(28)31-14-18/h4-7,16,18-19H,8-15H2,1-3H3/t18-,34+. The molecule has 34 heavy (non-hydrogen) atoms. The normalized spacial score (nSPS) is 21.9. The fourth-order valence-corrected chi connectivity index (χ4v) is 5.58. The van der Waals surface area contributed by atoms with Gasteiger partial charge in [0.2, 0.25) is 0 Å². The van der Waals surface area contributed by atoms with Crippen LogP contribution < -0.4 is 4.74 Å². The maximum atomic E-state index is 12.3. The van der Waals surface area contributed by atoms with Gasteiger partial charge in [0.05, 0.1) is 23.9 Å². The van der Waals surface area contributed by atoms with Crippen LogP contribution in [-0.4, -0.2) is 52.1 Å². The van der Waals surface area contributed by atoms with E-state index in [2.05, 4.69) is 5.38 Å². The number of piperidine rings is 1. The van der Waals surface area contributed by atoms with Crippen LogP contribution >= 0.6 is 11.3 Å². The lowest BCUT2D eigenvalue weighted by atomic mass is 9.98. The molecule has 3 heterocycles. The van der Waals surface area contributed by atoms with Crippen molar-refractivity contribution in [1.82, 2.24) is 9.88 Å². The number of benzene rings is 1. The molecule has 2 aliphatic heterocycles. The van der Waals surface area contributed by atoms with Gasteiger partial charge in [0.25, 0.3) is 0 Å². The zero-order valence-corrected chi connectivity index (χ0v) is 21.5. The highest BCUT2D eigenvalue weighted by atomic mass is 32.2. The van der Waals surface area contributed by atoms with E-state index in [9.17, 15) is 9.00 Å². The second-order valence-corrected chi connectivity index (χ2v) is 11.5. The third-order valence-corrected chi connectivity index (χ3v) is 7.41. The number of rotatable bonds is 6. The van der Waals surface area contributed by atoms with Crippen molar-refractivity contribution < 1.29 is 26.8 Å². The molecule has 0 bridgehead atoms. The molecule has 1 amide bonds. The molecule has 1 aromatic carbocycles. The maximum absolute atomic E-state index is 12.3. The van der Waals surface area contributed by atoms with Crippen LogP contribution in [-0.2, 0) is 37.5 Å². The summed E-state index contributed by atoms with van der Waals surface area (Å²) in [6.45, 7) is 8.34. The average Bonchev–Trinajstić information content (AvgIpc) is 3.28. The van der Waals surface area contributed by atoms with Gasteiger partial charge in [0, 0.05) is 30.3 Å². The molecule has 10 heteroatoms. The van der Waals surface area contributed by atoms with Gasteiger partial charge in [-0.15, -0.1) is 11.3 Å². The predicted octanol–water partition coefficient (Wildman–Crippen LogP) is 4.62. The van der Waals surface area contributed by atoms with E-state index >= 15 is 0 Å². The molecule has 0 saturated carbocycles. The lowest BCUT2D eigenvalue weighted by molar-refractivity contribution is 0.0204. The molecule has 0 unspecified atom stereocenters. The highest BCUT2D eigenvalue weighted by Gasteiger charge is 2.28. The van der Waals surface area contributed by atoms with E-state index in [1.165, 1.54) is 0 Å². The Morgan fingerprint density at radius 1 is 1.18 bits per heavy atom. The number of nitrogens with zero attached hydrogens (tertiary/aromatic N) is 2. The van der Waals surface area contributed by atoms with Gasteiger partial charge in [-0.05, 0) is 57.7 Å². The van der Waals surface area contributed by atoms with E-state index in [0.717, 1.165) is 41.3 Å². The van der Waals surface area contributed by atoms with Crippen LogP contribution in [0.1, 0.15) is 55.8 Å². The summed E-state index contributed by atoms with van der Waals surface area (Å²) >= 11 is 0.0650. The van der Waals surface area contributed by atoms with Crippen molar-refractivity contribution in [3.63, 3.8) is 0 Å². The lowest BCUT2D eigenvalue weighted by Crippen LogP contribution is -2.41. The van der Waals surface area contributed by atoms with E-state index in [1.807, 2.05) is 45.0 Å². The number of amides is 1. The summed E-state index contributed by atoms with van der Waals surface area (Å²) in [6, 6.07) is 7.98. The van der Waals surface area contributed by atoms with Gasteiger partial charge in [0.1, 0.15) is 18.0 Å². The smallest absolute Gasteiger partial charge is 0.410 e. The van der Waals surface area contributed by atoms with Crippen molar-refractivity contribution in [3.8, 4) is 5.75 Å². The van der Waals surface area contributed by atoms with Gasteiger partial charge < -0.3 is 14.4 Å². The first-order valence-electron chi connectivity index (χ1n) is 11.6. The molecule has 8 nitrogen and oxygen atoms in total. The van der Waals surface area contributed by atoms with Crippen LogP contribution in [0.5, 0.6) is 5.75 Å². The molecule has 1 aromatic heterocycles. The minimum Gasteiger partial charge on any atom is -0.487 e. The molecule has 2 aromatic rings. The van der Waals surface area contributed by atoms with Crippen LogP contribution in [0.2, 0.25) is 0 Å². The van der Waals surface area contributed by atoms with Crippen LogP contribution in [0.4, 0.5) is 4.79 Å². The van der Waals surface area contributed by atoms with Crippen molar-refractivity contribution in [2.45, 2.75) is 58.2 Å². The summed E-state index contributed by atoms with van der Waals surface area (Å²) in [7, 11) is 0. The van der Waals surface area contributed by atoms with Gasteiger partial charge in [-0.1, -0.05) is 12.1 Å². The van der Waals surface area contributed by atoms with Crippen molar-refractivity contribution in [2.75, 3.05) is 26.3 Å². The predicted molar refractivity (Wildman–Crippen MR) is 130 cm³/mol. The second-order valence-electron chi connectivity index (χ2n) is 9.69. The Morgan fingerprint density at radius 3 is 2.50 bits per heavy atom. The fourth-order valence-electron chi connectivity index (χ4n) is 3.93. The monoisotopic (exact) mass is 508 g/mol. The Labute approximate surface area is 207 Å². The highest BCUT2D eigenvalue weighted by molar-refractivity contribution is 7.75. The van der Waals surface area contributed by atoms with E-state index in [-0.39, 0.29) is 12.0 Å². The number of ether oxygens (including phenoxy) is 2. The minimum absolute atomic E-state index is 0.203. The van der Waals surface area contributed by atoms with Gasteiger partial charge >= 0.3 is 17.5 Å². The topological polar surface area (TPSA) is 87.2 Å². The Morgan fingerprint density at radius 2 is 1.85 bits per heavy atom. The van der Waals surface area contributed by atoms with Crippen LogP contribution in [0, 0.1) is 5.92 Å². The first-order valence-corrected chi connectivity index (χ1v) is 13.5. The average molecular weight is 509 g/mol. The first kappa shape index (κ1) is 25.1. The molecular formula is C24H32N2O6S2. The molecule has 2 fully saturated rings. The SMILES string of the molecule is CC(C)(C)OC(=O)N1CCC(c2nc(COc3ccc(C[C@H]4CO[S@@](=O)OC4)cc3)cs2)CC1. The number of hydrogen-bond donors (Lipinski definition) is 0. The number of carbonyl (C=O) groups is 1. The van der Waals surface area contributed by atoms with Crippen molar-refractivity contribution >= 4 is 28.8 Å². The second kappa shape index (κ2) is 11.2. The number of likely N-dealkylation sites (tertiary alicyclic amines) is 1. The molecule has 2 aliphatic rings. The van der Waals surface area contributed by atoms with Crippen LogP contribution in [0.15, 0.2) is 29.6 Å². The summed E-state index contributed by atoms with van der Waals surface area (Å²) in [5.74, 6) is 1.36. The zero-order chi connectivity index (χ0) is 24.1. The fraction of sp³-hybridized carbons (Fsp3) is 0.583. The number of aromatic nitrogens is 1. The van der Waals surface area contributed by atoms with E-state index < -0.39 is 17.0 Å². The summed E-state index contributed by atoms with van der Waals surface area (Å²) in [5.41, 5.74) is 1.61. The van der Waals surface area contributed by atoms with E-state index in [0.29, 0.717) is 38.8 Å². The Balaban J connectivity index is 1.21. The summed E-state index contributed by atoms with van der Waals surface area (Å²) in [5, 5.41) is 3.16. The number of hydrogen-bond acceptors (Lipinski definition) is 8. The van der Waals surface area contributed by atoms with Gasteiger partial charge in [-0.25, -0.2) is 9.78 Å². The highest BCUT2D eigenvalue weighted by Crippen LogP contribution is 2.31. The molecule has 4 rings (SSSR count). The first-order chi connectivity index (χ1) is 16.2. The molecule has 0 aliphatic carbocycles. The molecular weight excluding hydrogens is 476 g/mol. The third-order valence-electron chi connectivity index (χ3n) is 5.70. The molecule has 0 spiro atoms. The van der Waals surface area contributed by atoms with E-state index in [1.54, 1.807) is 16.2 Å². The Hall–Kier alpha value is -2.01. The van der Waals surface area contributed by atoms with E-state index in [4.69, 9.17) is 22.8 Å². The lowest BCUT2D eigenvalue weighted by Gasteiger charge is -2.32. The molecule has 0 radical (unpaired) electrons. The van der Waals surface area contributed by atoms with Crippen molar-refractivity contribution in [3.05, 3.63) is 45.9 Å². The zero-order valence-electron chi connectivity index (χ0n) is 19.9. The maximum Gasteiger partial charge on any atom is 0.410 e. The van der Waals surface area contributed by atoms with Crippen molar-refractivity contribution in [2.24, 2.45) is 5.92 Å². The molecule has 186 valence electrons. The largest absolute Gasteiger partial charge is 0.487 e. The molecule has 2 saturated heterocycles. The molecule has 0 atom stereocenters.